The molecule has 0 heterocycles. The van der Waals surface area contributed by atoms with E-state index in [0.717, 1.165) is 22.4 Å². The number of rotatable bonds is 6. The first-order valence-electron chi connectivity index (χ1n) is 6.86. The van der Waals surface area contributed by atoms with Crippen molar-refractivity contribution in [1.82, 2.24) is 0 Å². The Morgan fingerprint density at radius 2 is 1.68 bits per heavy atom. The summed E-state index contributed by atoms with van der Waals surface area (Å²) in [6, 6.07) is 13.9. The summed E-state index contributed by atoms with van der Waals surface area (Å²) in [7, 11) is 1.61. The highest BCUT2D eigenvalue weighted by molar-refractivity contribution is 5.80. The molecule has 1 N–H and O–H groups in total. The second-order valence-electron chi connectivity index (χ2n) is 4.66. The molecule has 0 saturated heterocycles. The summed E-state index contributed by atoms with van der Waals surface area (Å²) in [6.07, 6.45) is 2.43. The maximum atomic E-state index is 10.7. The molecule has 0 aliphatic heterocycles. The summed E-state index contributed by atoms with van der Waals surface area (Å²) in [4.78, 5) is 10.3. The van der Waals surface area contributed by atoms with E-state index >= 15 is 0 Å². The van der Waals surface area contributed by atoms with Gasteiger partial charge >= 0.3 is 0 Å². The van der Waals surface area contributed by atoms with E-state index in [1.54, 1.807) is 19.2 Å². The number of hydrogen-bond acceptors (Lipinski definition) is 4. The van der Waals surface area contributed by atoms with Gasteiger partial charge in [0, 0.05) is 18.7 Å². The highest BCUT2D eigenvalue weighted by Gasteiger charge is 2.09. The molecule has 2 aromatic rings. The van der Waals surface area contributed by atoms with Gasteiger partial charge in [-0.3, -0.25) is 10.1 Å². The van der Waals surface area contributed by atoms with Crippen LogP contribution in [-0.4, -0.2) is 23.7 Å². The standard InChI is InChI=1S/C17H17NO4/c1-22-16-10-6-14(7-11-16)17(3-2-12-19)13-4-8-15(9-5-13)18(20)21/h3-11,19H,2,12H2,1H3/b17-3-. The molecule has 0 amide bonds. The minimum absolute atomic E-state index is 0.0483. The predicted molar refractivity (Wildman–Crippen MR) is 84.9 cm³/mol. The van der Waals surface area contributed by atoms with Crippen molar-refractivity contribution in [2.75, 3.05) is 13.7 Å². The molecule has 0 unspecified atom stereocenters. The quantitative estimate of drug-likeness (QED) is 0.655. The zero-order valence-electron chi connectivity index (χ0n) is 12.2. The maximum absolute atomic E-state index is 10.7. The molecule has 22 heavy (non-hydrogen) atoms. The van der Waals surface area contributed by atoms with Crippen molar-refractivity contribution in [3.05, 3.63) is 75.8 Å². The first-order chi connectivity index (χ1) is 10.7. The number of aliphatic hydroxyl groups is 1. The monoisotopic (exact) mass is 299 g/mol. The van der Waals surface area contributed by atoms with E-state index in [2.05, 4.69) is 0 Å². The normalized spacial score (nSPS) is 11.3. The van der Waals surface area contributed by atoms with Crippen molar-refractivity contribution >= 4 is 11.3 Å². The third kappa shape index (κ3) is 3.71. The molecule has 5 heteroatoms. The molecule has 0 fully saturated rings. The first kappa shape index (κ1) is 15.7. The minimum atomic E-state index is -0.422. The van der Waals surface area contributed by atoms with Gasteiger partial charge in [-0.2, -0.15) is 0 Å². The second kappa shape index (κ2) is 7.38. The lowest BCUT2D eigenvalue weighted by Crippen LogP contribution is -1.92. The highest BCUT2D eigenvalue weighted by atomic mass is 16.6. The van der Waals surface area contributed by atoms with Gasteiger partial charge in [0.25, 0.3) is 5.69 Å². The number of nitro groups is 1. The van der Waals surface area contributed by atoms with E-state index in [1.165, 1.54) is 12.1 Å². The molecule has 2 rings (SSSR count). The molecular weight excluding hydrogens is 282 g/mol. The topological polar surface area (TPSA) is 72.6 Å². The Morgan fingerprint density at radius 3 is 2.14 bits per heavy atom. The number of aliphatic hydroxyl groups excluding tert-OH is 1. The van der Waals surface area contributed by atoms with Crippen molar-refractivity contribution in [3.63, 3.8) is 0 Å². The predicted octanol–water partition coefficient (Wildman–Crippen LogP) is 3.42. The van der Waals surface area contributed by atoms with Gasteiger partial charge in [-0.15, -0.1) is 0 Å². The van der Waals surface area contributed by atoms with Crippen LogP contribution in [0.15, 0.2) is 54.6 Å². The molecule has 0 aliphatic carbocycles. The maximum Gasteiger partial charge on any atom is 0.269 e. The Balaban J connectivity index is 2.38. The smallest absolute Gasteiger partial charge is 0.269 e. The number of benzene rings is 2. The van der Waals surface area contributed by atoms with Crippen LogP contribution in [0.4, 0.5) is 5.69 Å². The minimum Gasteiger partial charge on any atom is -0.497 e. The van der Waals surface area contributed by atoms with E-state index in [0.29, 0.717) is 6.42 Å². The zero-order chi connectivity index (χ0) is 15.9. The van der Waals surface area contributed by atoms with Crippen LogP contribution in [0.5, 0.6) is 5.75 Å². The molecule has 0 aromatic heterocycles. The average Bonchev–Trinajstić information content (AvgIpc) is 2.56. The van der Waals surface area contributed by atoms with Gasteiger partial charge in [0.15, 0.2) is 0 Å². The lowest BCUT2D eigenvalue weighted by molar-refractivity contribution is -0.384. The molecule has 0 saturated carbocycles. The van der Waals surface area contributed by atoms with E-state index in [4.69, 9.17) is 9.84 Å². The number of hydrogen-bond donors (Lipinski definition) is 1. The fraction of sp³-hybridized carbons (Fsp3) is 0.176. The number of ether oxygens (including phenoxy) is 1. The number of methoxy groups -OCH3 is 1. The van der Waals surface area contributed by atoms with Crippen LogP contribution in [0.1, 0.15) is 17.5 Å². The van der Waals surface area contributed by atoms with E-state index in [1.807, 2.05) is 30.3 Å². The lowest BCUT2D eigenvalue weighted by atomic mass is 9.96. The van der Waals surface area contributed by atoms with Crippen molar-refractivity contribution in [3.8, 4) is 5.75 Å². The van der Waals surface area contributed by atoms with Gasteiger partial charge in [-0.05, 0) is 47.4 Å². The van der Waals surface area contributed by atoms with Gasteiger partial charge in [0.2, 0.25) is 0 Å². The molecule has 0 aliphatic rings. The lowest BCUT2D eigenvalue weighted by Gasteiger charge is -2.09. The van der Waals surface area contributed by atoms with Crippen molar-refractivity contribution in [2.45, 2.75) is 6.42 Å². The number of non-ortho nitro benzene ring substituents is 1. The van der Waals surface area contributed by atoms with Crippen LogP contribution < -0.4 is 4.74 Å². The van der Waals surface area contributed by atoms with E-state index < -0.39 is 4.92 Å². The Kier molecular flexibility index (Phi) is 5.27. The molecule has 5 nitrogen and oxygen atoms in total. The Bertz CT molecular complexity index is 660. The van der Waals surface area contributed by atoms with Crippen molar-refractivity contribution in [1.29, 1.82) is 0 Å². The fourth-order valence-electron chi connectivity index (χ4n) is 2.14. The van der Waals surface area contributed by atoms with Crippen LogP contribution in [0.2, 0.25) is 0 Å². The molecule has 0 radical (unpaired) electrons. The fourth-order valence-corrected chi connectivity index (χ4v) is 2.14. The summed E-state index contributed by atoms with van der Waals surface area (Å²) in [5, 5.41) is 19.8. The van der Waals surface area contributed by atoms with Gasteiger partial charge in [-0.1, -0.05) is 18.2 Å². The van der Waals surface area contributed by atoms with Crippen LogP contribution in [-0.2, 0) is 0 Å². The second-order valence-corrected chi connectivity index (χ2v) is 4.66. The average molecular weight is 299 g/mol. The summed E-state index contributed by atoms with van der Waals surface area (Å²) >= 11 is 0. The first-order valence-corrected chi connectivity index (χ1v) is 6.86. The van der Waals surface area contributed by atoms with Crippen molar-refractivity contribution < 1.29 is 14.8 Å². The largest absolute Gasteiger partial charge is 0.497 e. The van der Waals surface area contributed by atoms with Crippen LogP contribution in [0.3, 0.4) is 0 Å². The summed E-state index contributed by atoms with van der Waals surface area (Å²) in [6.45, 7) is 0.0483. The molecule has 0 atom stereocenters. The SMILES string of the molecule is COc1ccc(/C(=C\CCO)c2ccc([N+](=O)[O-])cc2)cc1. The molecule has 2 aromatic carbocycles. The number of nitrogens with zero attached hydrogens (tertiary/aromatic N) is 1. The highest BCUT2D eigenvalue weighted by Crippen LogP contribution is 2.27. The molecule has 114 valence electrons. The third-order valence-corrected chi connectivity index (χ3v) is 3.27. The van der Waals surface area contributed by atoms with Crippen LogP contribution >= 0.6 is 0 Å². The van der Waals surface area contributed by atoms with Crippen LogP contribution in [0, 0.1) is 10.1 Å². The van der Waals surface area contributed by atoms with E-state index in [9.17, 15) is 10.1 Å². The summed E-state index contributed by atoms with van der Waals surface area (Å²) in [5.41, 5.74) is 2.80. The third-order valence-electron chi connectivity index (χ3n) is 3.27. The molecule has 0 bridgehead atoms. The Hall–Kier alpha value is -2.66. The Labute approximate surface area is 128 Å². The van der Waals surface area contributed by atoms with Gasteiger partial charge < -0.3 is 9.84 Å². The number of nitro benzene ring substituents is 1. The van der Waals surface area contributed by atoms with Crippen LogP contribution in [0.25, 0.3) is 5.57 Å². The van der Waals surface area contributed by atoms with E-state index in [-0.39, 0.29) is 12.3 Å². The van der Waals surface area contributed by atoms with Gasteiger partial charge in [0.05, 0.1) is 12.0 Å². The summed E-state index contributed by atoms with van der Waals surface area (Å²) < 4.78 is 5.14. The van der Waals surface area contributed by atoms with Crippen molar-refractivity contribution in [2.24, 2.45) is 0 Å². The van der Waals surface area contributed by atoms with Gasteiger partial charge in [0.1, 0.15) is 5.75 Å². The molecular formula is C17H17NO4. The molecule has 0 spiro atoms. The zero-order valence-corrected chi connectivity index (χ0v) is 12.2. The Morgan fingerprint density at radius 1 is 1.14 bits per heavy atom. The van der Waals surface area contributed by atoms with Gasteiger partial charge in [-0.25, -0.2) is 0 Å². The summed E-state index contributed by atoms with van der Waals surface area (Å²) in [5.74, 6) is 0.758.